The number of H-pyrrole nitrogens is 1. The average molecular weight is 306 g/mol. The van der Waals surface area contributed by atoms with Gasteiger partial charge in [-0.05, 0) is 42.5 Å². The maximum atomic E-state index is 12.3. The van der Waals surface area contributed by atoms with Crippen LogP contribution in [0.4, 0.5) is 0 Å². The minimum absolute atomic E-state index is 0.00441. The molecular weight excluding hydrogens is 288 g/mol. The Hall–Kier alpha value is -2.53. The Morgan fingerprint density at radius 2 is 2.13 bits per heavy atom. The zero-order valence-electron chi connectivity index (χ0n) is 12.7. The second kappa shape index (κ2) is 5.93. The van der Waals surface area contributed by atoms with Gasteiger partial charge >= 0.3 is 0 Å². The van der Waals surface area contributed by atoms with Gasteiger partial charge in [0.05, 0.1) is 18.7 Å². The number of ketones is 1. The molecule has 23 heavy (non-hydrogen) atoms. The van der Waals surface area contributed by atoms with E-state index in [1.807, 2.05) is 18.5 Å². The van der Waals surface area contributed by atoms with Crippen molar-refractivity contribution in [2.24, 2.45) is 0 Å². The highest BCUT2D eigenvalue weighted by Gasteiger charge is 2.22. The summed E-state index contributed by atoms with van der Waals surface area (Å²) in [6.45, 7) is 0.940. The lowest BCUT2D eigenvalue weighted by Crippen LogP contribution is -2.32. The molecule has 0 aliphatic carbocycles. The second-order valence-corrected chi connectivity index (χ2v) is 6.02. The normalized spacial score (nSPS) is 17.7. The number of Topliss-reactive ketones (excluding diaryl/α,β-unsaturated/α-hetero) is 1. The van der Waals surface area contributed by atoms with Gasteiger partial charge in [0.15, 0.2) is 5.78 Å². The van der Waals surface area contributed by atoms with Gasteiger partial charge in [0.25, 0.3) is 0 Å². The molecular formula is C18H18N4O. The number of carbonyl (C=O) groups is 1. The molecule has 0 bridgehead atoms. The predicted molar refractivity (Wildman–Crippen MR) is 89.1 cm³/mol. The maximum Gasteiger partial charge on any atom is 0.155 e. The van der Waals surface area contributed by atoms with Crippen LogP contribution in [-0.2, 0) is 11.2 Å². The Morgan fingerprint density at radius 1 is 1.17 bits per heavy atom. The molecule has 0 spiro atoms. The number of carbonyl (C=O) groups excluding carboxylic acids is 1. The van der Waals surface area contributed by atoms with Gasteiger partial charge in [0.2, 0.25) is 0 Å². The standard InChI is InChI=1S/C18H18N4O/c23-18(17-2-1-5-19-17)8-16-7-14-6-12(15-10-21-22-11-15)3-4-13(14)9-20-16/h3-4,6-7,9-11,17,19H,1-2,5,8H2,(H,21,22)/t17-/m1/s1. The molecule has 1 saturated heterocycles. The topological polar surface area (TPSA) is 70.7 Å². The van der Waals surface area contributed by atoms with E-state index in [-0.39, 0.29) is 11.8 Å². The molecule has 1 aromatic carbocycles. The molecule has 3 aromatic rings. The highest BCUT2D eigenvalue weighted by atomic mass is 16.1. The molecule has 1 aliphatic rings. The predicted octanol–water partition coefficient (Wildman–Crippen LogP) is 2.49. The number of aromatic amines is 1. The molecule has 1 atom stereocenters. The summed E-state index contributed by atoms with van der Waals surface area (Å²) in [5, 5.41) is 12.2. The molecule has 2 N–H and O–H groups in total. The van der Waals surface area contributed by atoms with E-state index >= 15 is 0 Å². The molecule has 5 heteroatoms. The second-order valence-electron chi connectivity index (χ2n) is 6.02. The molecule has 0 amide bonds. The fraction of sp³-hybridized carbons (Fsp3) is 0.278. The summed E-state index contributed by atoms with van der Waals surface area (Å²) in [5.74, 6) is 0.236. The van der Waals surface area contributed by atoms with Crippen LogP contribution in [-0.4, -0.2) is 33.6 Å². The van der Waals surface area contributed by atoms with Crippen molar-refractivity contribution in [1.29, 1.82) is 0 Å². The quantitative estimate of drug-likeness (QED) is 0.777. The third-order valence-electron chi connectivity index (χ3n) is 4.41. The monoisotopic (exact) mass is 306 g/mol. The number of nitrogens with zero attached hydrogens (tertiary/aromatic N) is 2. The number of hydrogen-bond donors (Lipinski definition) is 2. The van der Waals surface area contributed by atoms with Crippen molar-refractivity contribution in [1.82, 2.24) is 20.5 Å². The van der Waals surface area contributed by atoms with Crippen LogP contribution in [0.25, 0.3) is 21.9 Å². The fourth-order valence-corrected chi connectivity index (χ4v) is 3.13. The molecule has 0 unspecified atom stereocenters. The van der Waals surface area contributed by atoms with Crippen LogP contribution < -0.4 is 5.32 Å². The number of nitrogens with one attached hydrogen (secondary N) is 2. The van der Waals surface area contributed by atoms with Gasteiger partial charge in [-0.3, -0.25) is 14.9 Å². The van der Waals surface area contributed by atoms with Crippen LogP contribution >= 0.6 is 0 Å². The zero-order valence-corrected chi connectivity index (χ0v) is 12.7. The van der Waals surface area contributed by atoms with Crippen molar-refractivity contribution < 1.29 is 4.79 Å². The maximum absolute atomic E-state index is 12.3. The summed E-state index contributed by atoms with van der Waals surface area (Å²) in [6, 6.07) is 8.25. The summed E-state index contributed by atoms with van der Waals surface area (Å²) < 4.78 is 0. The van der Waals surface area contributed by atoms with E-state index in [4.69, 9.17) is 0 Å². The van der Waals surface area contributed by atoms with Gasteiger partial charge in [-0.15, -0.1) is 0 Å². The summed E-state index contributed by atoms with van der Waals surface area (Å²) in [6.07, 6.45) is 7.94. The van der Waals surface area contributed by atoms with Crippen molar-refractivity contribution in [2.45, 2.75) is 25.3 Å². The third-order valence-corrected chi connectivity index (χ3v) is 4.41. The van der Waals surface area contributed by atoms with Gasteiger partial charge < -0.3 is 5.32 Å². The summed E-state index contributed by atoms with van der Waals surface area (Å²) in [7, 11) is 0. The van der Waals surface area contributed by atoms with Crippen molar-refractivity contribution >= 4 is 16.6 Å². The minimum atomic E-state index is 0.00441. The zero-order chi connectivity index (χ0) is 15.6. The summed E-state index contributed by atoms with van der Waals surface area (Å²) in [4.78, 5) is 16.7. The van der Waals surface area contributed by atoms with E-state index in [9.17, 15) is 4.79 Å². The highest BCUT2D eigenvalue weighted by Crippen LogP contribution is 2.24. The van der Waals surface area contributed by atoms with E-state index in [0.717, 1.165) is 47.0 Å². The Morgan fingerprint density at radius 3 is 2.91 bits per heavy atom. The molecule has 0 radical (unpaired) electrons. The van der Waals surface area contributed by atoms with E-state index in [1.165, 1.54) is 0 Å². The molecule has 5 nitrogen and oxygen atoms in total. The first-order valence-corrected chi connectivity index (χ1v) is 7.93. The molecule has 2 aromatic heterocycles. The Kier molecular flexibility index (Phi) is 3.63. The smallest absolute Gasteiger partial charge is 0.155 e. The Balaban J connectivity index is 1.62. The molecule has 4 rings (SSSR count). The Bertz CT molecular complexity index is 835. The molecule has 3 heterocycles. The first-order valence-electron chi connectivity index (χ1n) is 7.93. The van der Waals surface area contributed by atoms with E-state index in [0.29, 0.717) is 6.42 Å². The van der Waals surface area contributed by atoms with Crippen LogP contribution in [0, 0.1) is 0 Å². The summed E-state index contributed by atoms with van der Waals surface area (Å²) >= 11 is 0. The first-order chi connectivity index (χ1) is 11.3. The van der Waals surface area contributed by atoms with Gasteiger partial charge in [-0.2, -0.15) is 5.10 Å². The SMILES string of the molecule is O=C(Cc1cc2cc(-c3cn[nH]c3)ccc2cn1)[C@H]1CCCN1. The molecule has 1 aliphatic heterocycles. The number of benzene rings is 1. The van der Waals surface area contributed by atoms with Gasteiger partial charge in [0, 0.05) is 29.0 Å². The third kappa shape index (κ3) is 2.87. The fourth-order valence-electron chi connectivity index (χ4n) is 3.13. The molecule has 1 fully saturated rings. The minimum Gasteiger partial charge on any atom is -0.307 e. The van der Waals surface area contributed by atoms with Gasteiger partial charge in [-0.1, -0.05) is 12.1 Å². The van der Waals surface area contributed by atoms with Crippen molar-refractivity contribution in [3.05, 3.63) is 48.5 Å². The number of aromatic nitrogens is 3. The van der Waals surface area contributed by atoms with Crippen molar-refractivity contribution in [3.63, 3.8) is 0 Å². The lowest BCUT2D eigenvalue weighted by Gasteiger charge is -2.09. The number of rotatable bonds is 4. The van der Waals surface area contributed by atoms with Crippen LogP contribution in [0.15, 0.2) is 42.9 Å². The van der Waals surface area contributed by atoms with Crippen molar-refractivity contribution in [3.8, 4) is 11.1 Å². The highest BCUT2D eigenvalue weighted by molar-refractivity contribution is 5.89. The van der Waals surface area contributed by atoms with Crippen LogP contribution in [0.5, 0.6) is 0 Å². The van der Waals surface area contributed by atoms with Gasteiger partial charge in [0.1, 0.15) is 0 Å². The largest absolute Gasteiger partial charge is 0.307 e. The number of pyridine rings is 1. The van der Waals surface area contributed by atoms with Crippen LogP contribution in [0.1, 0.15) is 18.5 Å². The van der Waals surface area contributed by atoms with E-state index < -0.39 is 0 Å². The number of hydrogen-bond acceptors (Lipinski definition) is 4. The molecule has 0 saturated carbocycles. The number of fused-ring (bicyclic) bond motifs is 1. The Labute approximate surface area is 134 Å². The average Bonchev–Trinajstić information content (AvgIpc) is 3.27. The van der Waals surface area contributed by atoms with Crippen LogP contribution in [0.2, 0.25) is 0 Å². The van der Waals surface area contributed by atoms with E-state index in [2.05, 4.69) is 38.7 Å². The first kappa shape index (κ1) is 14.1. The lowest BCUT2D eigenvalue weighted by atomic mass is 10.0. The van der Waals surface area contributed by atoms with Crippen molar-refractivity contribution in [2.75, 3.05) is 6.54 Å². The molecule has 116 valence electrons. The van der Waals surface area contributed by atoms with E-state index in [1.54, 1.807) is 6.20 Å². The lowest BCUT2D eigenvalue weighted by molar-refractivity contribution is -0.120. The van der Waals surface area contributed by atoms with Crippen LogP contribution in [0.3, 0.4) is 0 Å². The summed E-state index contributed by atoms with van der Waals surface area (Å²) in [5.41, 5.74) is 2.99. The van der Waals surface area contributed by atoms with Gasteiger partial charge in [-0.25, -0.2) is 0 Å².